The normalized spacial score (nSPS) is 17.9. The van der Waals surface area contributed by atoms with Crippen molar-refractivity contribution in [3.63, 3.8) is 0 Å². The molecule has 0 fully saturated rings. The van der Waals surface area contributed by atoms with Gasteiger partial charge in [0.1, 0.15) is 5.75 Å². The third kappa shape index (κ3) is 2.29. The van der Waals surface area contributed by atoms with Crippen molar-refractivity contribution in [2.75, 3.05) is 4.90 Å². The lowest BCUT2D eigenvalue weighted by molar-refractivity contribution is -0.125. The minimum absolute atomic E-state index is 0.0197. The molecule has 1 aromatic heterocycles. The Kier molecular flexibility index (Phi) is 3.22. The van der Waals surface area contributed by atoms with Crippen molar-refractivity contribution < 1.29 is 9.53 Å². The standard InChI is InChI=1S/C15H16N2O2S/c1-9-4-5-14-13(6-9)17(15(18)10(2)19-14)7-12-8-20-11(3)16-12/h4-6,8,10H,7H2,1-3H3. The number of hydrogen-bond donors (Lipinski definition) is 0. The van der Waals surface area contributed by atoms with Gasteiger partial charge in [0.25, 0.3) is 5.91 Å². The van der Waals surface area contributed by atoms with E-state index >= 15 is 0 Å². The van der Waals surface area contributed by atoms with Gasteiger partial charge in [0, 0.05) is 5.38 Å². The zero-order chi connectivity index (χ0) is 14.3. The zero-order valence-corrected chi connectivity index (χ0v) is 12.5. The number of ether oxygens (including phenoxy) is 1. The highest BCUT2D eigenvalue weighted by atomic mass is 32.1. The summed E-state index contributed by atoms with van der Waals surface area (Å²) >= 11 is 1.60. The minimum atomic E-state index is -0.454. The Hall–Kier alpha value is -1.88. The summed E-state index contributed by atoms with van der Waals surface area (Å²) in [5.74, 6) is 0.739. The molecule has 1 aliphatic rings. The molecule has 1 aromatic carbocycles. The minimum Gasteiger partial charge on any atom is -0.479 e. The van der Waals surface area contributed by atoms with Crippen LogP contribution in [0.3, 0.4) is 0 Å². The van der Waals surface area contributed by atoms with Crippen LogP contribution < -0.4 is 9.64 Å². The number of fused-ring (bicyclic) bond motifs is 1. The van der Waals surface area contributed by atoms with E-state index in [1.54, 1.807) is 23.2 Å². The summed E-state index contributed by atoms with van der Waals surface area (Å²) in [4.78, 5) is 18.6. The van der Waals surface area contributed by atoms with Crippen molar-refractivity contribution in [1.82, 2.24) is 4.98 Å². The van der Waals surface area contributed by atoms with Gasteiger partial charge in [-0.1, -0.05) is 6.07 Å². The first-order valence-electron chi connectivity index (χ1n) is 6.54. The third-order valence-electron chi connectivity index (χ3n) is 3.31. The molecule has 0 N–H and O–H groups in total. The van der Waals surface area contributed by atoms with Crippen molar-refractivity contribution in [1.29, 1.82) is 0 Å². The first-order chi connectivity index (χ1) is 9.54. The zero-order valence-electron chi connectivity index (χ0n) is 11.7. The molecule has 0 saturated heterocycles. The summed E-state index contributed by atoms with van der Waals surface area (Å²) in [5.41, 5.74) is 2.86. The van der Waals surface area contributed by atoms with E-state index in [1.807, 2.05) is 37.4 Å². The smallest absolute Gasteiger partial charge is 0.268 e. The van der Waals surface area contributed by atoms with Gasteiger partial charge in [0.2, 0.25) is 0 Å². The van der Waals surface area contributed by atoms with E-state index in [4.69, 9.17) is 4.74 Å². The number of thiazole rings is 1. The van der Waals surface area contributed by atoms with E-state index < -0.39 is 6.10 Å². The average molecular weight is 288 g/mol. The number of aryl methyl sites for hydroxylation is 2. The van der Waals surface area contributed by atoms with Gasteiger partial charge in [-0.2, -0.15) is 0 Å². The predicted molar refractivity (Wildman–Crippen MR) is 79.3 cm³/mol. The molecule has 0 radical (unpaired) electrons. The Morgan fingerprint density at radius 1 is 1.40 bits per heavy atom. The lowest BCUT2D eigenvalue weighted by Gasteiger charge is -2.32. The van der Waals surface area contributed by atoms with Gasteiger partial charge in [-0.15, -0.1) is 11.3 Å². The summed E-state index contributed by atoms with van der Waals surface area (Å²) < 4.78 is 5.66. The number of carbonyl (C=O) groups excluding carboxylic acids is 1. The maximum Gasteiger partial charge on any atom is 0.268 e. The van der Waals surface area contributed by atoms with Crippen LogP contribution in [0, 0.1) is 13.8 Å². The van der Waals surface area contributed by atoms with Gasteiger partial charge in [-0.05, 0) is 38.5 Å². The SMILES string of the molecule is Cc1ccc2c(c1)N(Cc1csc(C)n1)C(=O)C(C)O2. The number of aromatic nitrogens is 1. The number of rotatable bonds is 2. The first-order valence-corrected chi connectivity index (χ1v) is 7.42. The molecule has 4 nitrogen and oxygen atoms in total. The molecule has 0 bridgehead atoms. The van der Waals surface area contributed by atoms with Crippen LogP contribution in [0.2, 0.25) is 0 Å². The van der Waals surface area contributed by atoms with Crippen LogP contribution >= 0.6 is 11.3 Å². The summed E-state index contributed by atoms with van der Waals surface area (Å²) in [5, 5.41) is 3.01. The molecule has 0 aliphatic carbocycles. The summed E-state index contributed by atoms with van der Waals surface area (Å²) in [7, 11) is 0. The van der Waals surface area contributed by atoms with Crippen molar-refractivity contribution in [2.24, 2.45) is 0 Å². The first kappa shape index (κ1) is 13.1. The largest absolute Gasteiger partial charge is 0.479 e. The lowest BCUT2D eigenvalue weighted by Crippen LogP contribution is -2.44. The fraction of sp³-hybridized carbons (Fsp3) is 0.333. The van der Waals surface area contributed by atoms with Gasteiger partial charge in [-0.25, -0.2) is 4.98 Å². The van der Waals surface area contributed by atoms with Crippen molar-refractivity contribution in [3.05, 3.63) is 39.8 Å². The predicted octanol–water partition coefficient (Wildman–Crippen LogP) is 3.07. The van der Waals surface area contributed by atoms with Crippen LogP contribution in [0.1, 0.15) is 23.2 Å². The fourth-order valence-corrected chi connectivity index (χ4v) is 2.93. The number of anilines is 1. The Bertz CT molecular complexity index is 666. The van der Waals surface area contributed by atoms with E-state index in [9.17, 15) is 4.79 Å². The lowest BCUT2D eigenvalue weighted by atomic mass is 10.1. The molecule has 104 valence electrons. The van der Waals surface area contributed by atoms with Crippen molar-refractivity contribution in [2.45, 2.75) is 33.4 Å². The van der Waals surface area contributed by atoms with E-state index in [1.165, 1.54) is 0 Å². The molecule has 3 rings (SSSR count). The van der Waals surface area contributed by atoms with Crippen LogP contribution in [-0.4, -0.2) is 17.0 Å². The second-order valence-corrected chi connectivity index (χ2v) is 6.08. The van der Waals surface area contributed by atoms with Gasteiger partial charge < -0.3 is 4.74 Å². The van der Waals surface area contributed by atoms with E-state index in [0.29, 0.717) is 6.54 Å². The monoisotopic (exact) mass is 288 g/mol. The molecule has 2 heterocycles. The number of hydrogen-bond acceptors (Lipinski definition) is 4. The Labute approximate surface area is 122 Å². The van der Waals surface area contributed by atoms with Gasteiger partial charge in [-0.3, -0.25) is 9.69 Å². The van der Waals surface area contributed by atoms with Crippen LogP contribution in [0.4, 0.5) is 5.69 Å². The van der Waals surface area contributed by atoms with Crippen LogP contribution in [0.25, 0.3) is 0 Å². The van der Waals surface area contributed by atoms with Gasteiger partial charge in [0.05, 0.1) is 22.9 Å². The number of carbonyl (C=O) groups is 1. The Balaban J connectivity index is 2.00. The fourth-order valence-electron chi connectivity index (χ4n) is 2.32. The highest BCUT2D eigenvalue weighted by Gasteiger charge is 2.31. The molecular formula is C15H16N2O2S. The molecule has 1 aliphatic heterocycles. The summed E-state index contributed by atoms with van der Waals surface area (Å²) in [6.45, 7) is 6.25. The van der Waals surface area contributed by atoms with Crippen LogP contribution in [0.15, 0.2) is 23.6 Å². The van der Waals surface area contributed by atoms with Gasteiger partial charge in [0.15, 0.2) is 6.10 Å². The molecule has 1 atom stereocenters. The number of nitrogens with zero attached hydrogens (tertiary/aromatic N) is 2. The quantitative estimate of drug-likeness (QED) is 0.853. The van der Waals surface area contributed by atoms with Gasteiger partial charge >= 0.3 is 0 Å². The van der Waals surface area contributed by atoms with Crippen LogP contribution in [0.5, 0.6) is 5.75 Å². The molecule has 0 saturated carbocycles. The van der Waals surface area contributed by atoms with Crippen LogP contribution in [-0.2, 0) is 11.3 Å². The number of amides is 1. The van der Waals surface area contributed by atoms with E-state index in [2.05, 4.69) is 4.98 Å². The molecule has 1 amide bonds. The molecule has 20 heavy (non-hydrogen) atoms. The molecule has 0 spiro atoms. The second kappa shape index (κ2) is 4.90. The summed E-state index contributed by atoms with van der Waals surface area (Å²) in [6.07, 6.45) is -0.454. The molecular weight excluding hydrogens is 272 g/mol. The van der Waals surface area contributed by atoms with Crippen molar-refractivity contribution >= 4 is 22.9 Å². The average Bonchev–Trinajstić information content (AvgIpc) is 2.81. The summed E-state index contributed by atoms with van der Waals surface area (Å²) in [6, 6.07) is 5.90. The molecule has 2 aromatic rings. The third-order valence-corrected chi connectivity index (χ3v) is 4.13. The second-order valence-electron chi connectivity index (χ2n) is 5.01. The maximum absolute atomic E-state index is 12.4. The number of benzene rings is 1. The highest BCUT2D eigenvalue weighted by molar-refractivity contribution is 7.09. The Morgan fingerprint density at radius 2 is 2.20 bits per heavy atom. The maximum atomic E-state index is 12.4. The topological polar surface area (TPSA) is 42.4 Å². The molecule has 1 unspecified atom stereocenters. The van der Waals surface area contributed by atoms with E-state index in [-0.39, 0.29) is 5.91 Å². The Morgan fingerprint density at radius 3 is 2.90 bits per heavy atom. The highest BCUT2D eigenvalue weighted by Crippen LogP contribution is 2.35. The van der Waals surface area contributed by atoms with Crippen molar-refractivity contribution in [3.8, 4) is 5.75 Å². The molecule has 5 heteroatoms. The van der Waals surface area contributed by atoms with E-state index in [0.717, 1.165) is 27.7 Å².